The standard InChI is InChI=1S/C22H24N4O6S.C2H6/c1-12(17(27)25-13(2)20(29)31-6)24-18(28)16-11-23-19(33-16)14-7-9-15(10-8-14)26-21(30)32-22(3,4)5;1-2/h7-11H,1-2H2,3-6H3,(H,24,28)(H,25,27)(H,26,30);1-2H3. The lowest BCUT2D eigenvalue weighted by molar-refractivity contribution is -0.137. The van der Waals surface area contributed by atoms with E-state index in [9.17, 15) is 19.2 Å². The first-order valence-corrected chi connectivity index (χ1v) is 11.4. The molecule has 0 aliphatic carbocycles. The number of benzene rings is 1. The van der Waals surface area contributed by atoms with Gasteiger partial charge in [-0.1, -0.05) is 27.0 Å². The number of anilines is 1. The maximum Gasteiger partial charge on any atom is 0.412 e. The van der Waals surface area contributed by atoms with Crippen LogP contribution in [-0.4, -0.2) is 41.6 Å². The fourth-order valence-electron chi connectivity index (χ4n) is 2.27. The maximum absolute atomic E-state index is 12.4. The maximum atomic E-state index is 12.4. The van der Waals surface area contributed by atoms with Gasteiger partial charge < -0.3 is 20.1 Å². The fourth-order valence-corrected chi connectivity index (χ4v) is 3.09. The fraction of sp³-hybridized carbons (Fsp3) is 0.292. The van der Waals surface area contributed by atoms with Crippen molar-refractivity contribution in [2.75, 3.05) is 12.4 Å². The number of rotatable bonds is 7. The van der Waals surface area contributed by atoms with Crippen molar-refractivity contribution in [3.05, 3.63) is 59.9 Å². The van der Waals surface area contributed by atoms with Crippen molar-refractivity contribution in [1.82, 2.24) is 15.6 Å². The molecule has 3 amide bonds. The van der Waals surface area contributed by atoms with Crippen LogP contribution in [-0.2, 0) is 19.1 Å². The number of aromatic nitrogens is 1. The monoisotopic (exact) mass is 502 g/mol. The summed E-state index contributed by atoms with van der Waals surface area (Å²) >= 11 is 1.10. The van der Waals surface area contributed by atoms with Crippen LogP contribution in [0.25, 0.3) is 10.6 Å². The van der Waals surface area contributed by atoms with E-state index in [4.69, 9.17) is 4.74 Å². The van der Waals surface area contributed by atoms with Crippen molar-refractivity contribution in [3.8, 4) is 10.6 Å². The van der Waals surface area contributed by atoms with E-state index in [1.165, 1.54) is 6.20 Å². The Labute approximate surface area is 208 Å². The summed E-state index contributed by atoms with van der Waals surface area (Å²) < 4.78 is 9.63. The second-order valence-electron chi connectivity index (χ2n) is 7.59. The van der Waals surface area contributed by atoms with Crippen molar-refractivity contribution in [2.45, 2.75) is 40.2 Å². The van der Waals surface area contributed by atoms with Gasteiger partial charge in [-0.3, -0.25) is 14.9 Å². The van der Waals surface area contributed by atoms with Gasteiger partial charge in [-0.05, 0) is 45.0 Å². The molecule has 1 aromatic heterocycles. The van der Waals surface area contributed by atoms with Gasteiger partial charge in [-0.25, -0.2) is 14.6 Å². The molecule has 0 atom stereocenters. The minimum absolute atomic E-state index is 0.238. The Bertz CT molecular complexity index is 1100. The lowest BCUT2D eigenvalue weighted by atomic mass is 10.2. The third-order valence-electron chi connectivity index (χ3n) is 3.74. The van der Waals surface area contributed by atoms with Crippen LogP contribution in [0, 0.1) is 0 Å². The smallest absolute Gasteiger partial charge is 0.412 e. The molecule has 0 aliphatic rings. The van der Waals surface area contributed by atoms with Crippen LogP contribution in [0.5, 0.6) is 0 Å². The van der Waals surface area contributed by atoms with Crippen LogP contribution < -0.4 is 16.0 Å². The summed E-state index contributed by atoms with van der Waals surface area (Å²) in [4.78, 5) is 52.0. The Hall–Kier alpha value is -3.99. The van der Waals surface area contributed by atoms with E-state index >= 15 is 0 Å². The van der Waals surface area contributed by atoms with Crippen molar-refractivity contribution in [1.29, 1.82) is 0 Å². The van der Waals surface area contributed by atoms with Gasteiger partial charge in [0, 0.05) is 11.3 Å². The lowest BCUT2D eigenvalue weighted by Gasteiger charge is -2.19. The number of carbonyl (C=O) groups excluding carboxylic acids is 4. The molecule has 0 radical (unpaired) electrons. The highest BCUT2D eigenvalue weighted by Gasteiger charge is 2.19. The molecule has 0 saturated carbocycles. The first-order chi connectivity index (χ1) is 16.4. The summed E-state index contributed by atoms with van der Waals surface area (Å²) in [7, 11) is 1.14. The van der Waals surface area contributed by atoms with Gasteiger partial charge in [0.05, 0.1) is 19.0 Å². The molecular weight excluding hydrogens is 472 g/mol. The van der Waals surface area contributed by atoms with Crippen LogP contribution in [0.4, 0.5) is 10.5 Å². The van der Waals surface area contributed by atoms with Crippen LogP contribution >= 0.6 is 11.3 Å². The van der Waals surface area contributed by atoms with Gasteiger partial charge >= 0.3 is 12.1 Å². The zero-order chi connectivity index (χ0) is 26.8. The van der Waals surface area contributed by atoms with E-state index in [1.807, 2.05) is 13.8 Å². The van der Waals surface area contributed by atoms with Gasteiger partial charge in [0.25, 0.3) is 11.8 Å². The third kappa shape index (κ3) is 9.41. The zero-order valence-corrected chi connectivity index (χ0v) is 21.4. The molecule has 0 fully saturated rings. The normalized spacial score (nSPS) is 10.1. The van der Waals surface area contributed by atoms with E-state index in [0.717, 1.165) is 24.0 Å². The first kappa shape index (κ1) is 29.0. The molecule has 0 bridgehead atoms. The zero-order valence-electron chi connectivity index (χ0n) is 20.6. The Morgan fingerprint density at radius 2 is 1.57 bits per heavy atom. The van der Waals surface area contributed by atoms with Crippen molar-refractivity contribution < 1.29 is 28.7 Å². The summed E-state index contributed by atoms with van der Waals surface area (Å²) in [5.74, 6) is -2.22. The average molecular weight is 503 g/mol. The molecule has 11 heteroatoms. The predicted octanol–water partition coefficient (Wildman–Crippen LogP) is 4.23. The summed E-state index contributed by atoms with van der Waals surface area (Å²) in [5, 5.41) is 7.70. The Morgan fingerprint density at radius 3 is 2.11 bits per heavy atom. The minimum atomic E-state index is -0.818. The Morgan fingerprint density at radius 1 is 0.971 bits per heavy atom. The Kier molecular flexibility index (Phi) is 10.8. The third-order valence-corrected chi connectivity index (χ3v) is 4.79. The molecule has 35 heavy (non-hydrogen) atoms. The van der Waals surface area contributed by atoms with Gasteiger partial charge in [0.2, 0.25) is 0 Å². The highest BCUT2D eigenvalue weighted by Crippen LogP contribution is 2.26. The van der Waals surface area contributed by atoms with Crippen LogP contribution in [0.15, 0.2) is 55.0 Å². The first-order valence-electron chi connectivity index (χ1n) is 10.5. The lowest BCUT2D eigenvalue weighted by Crippen LogP contribution is -2.35. The molecule has 2 aromatic rings. The highest BCUT2D eigenvalue weighted by atomic mass is 32.1. The summed E-state index contributed by atoms with van der Waals surface area (Å²) in [6, 6.07) is 6.83. The molecule has 0 saturated heterocycles. The molecule has 2 rings (SSSR count). The second kappa shape index (κ2) is 13.0. The van der Waals surface area contributed by atoms with E-state index in [1.54, 1.807) is 45.0 Å². The molecule has 1 aromatic carbocycles. The molecule has 0 unspecified atom stereocenters. The molecule has 0 spiro atoms. The van der Waals surface area contributed by atoms with Gasteiger partial charge in [-0.2, -0.15) is 0 Å². The van der Waals surface area contributed by atoms with Crippen LogP contribution in [0.1, 0.15) is 44.3 Å². The second-order valence-corrected chi connectivity index (χ2v) is 8.62. The predicted molar refractivity (Wildman–Crippen MR) is 135 cm³/mol. The van der Waals surface area contributed by atoms with Gasteiger partial charge in [0.15, 0.2) is 0 Å². The van der Waals surface area contributed by atoms with Gasteiger partial charge in [-0.15, -0.1) is 11.3 Å². The van der Waals surface area contributed by atoms with Crippen molar-refractivity contribution in [3.63, 3.8) is 0 Å². The van der Waals surface area contributed by atoms with E-state index in [-0.39, 0.29) is 16.3 Å². The number of carbonyl (C=O) groups is 4. The molecular formula is C24H30N4O6S. The number of hydrogen-bond donors (Lipinski definition) is 3. The number of nitrogens with zero attached hydrogens (tertiary/aromatic N) is 1. The van der Waals surface area contributed by atoms with Crippen molar-refractivity contribution in [2.24, 2.45) is 0 Å². The number of thiazole rings is 1. The highest BCUT2D eigenvalue weighted by molar-refractivity contribution is 7.16. The summed E-state index contributed by atoms with van der Waals surface area (Å²) in [6.07, 6.45) is 0.795. The molecule has 188 valence electrons. The van der Waals surface area contributed by atoms with E-state index < -0.39 is 29.5 Å². The topological polar surface area (TPSA) is 136 Å². The average Bonchev–Trinajstić information content (AvgIpc) is 3.29. The number of methoxy groups -OCH3 is 1. The minimum Gasteiger partial charge on any atom is -0.464 e. The number of nitrogens with one attached hydrogen (secondary N) is 3. The van der Waals surface area contributed by atoms with Gasteiger partial charge in [0.1, 0.15) is 21.2 Å². The number of hydrogen-bond acceptors (Lipinski definition) is 8. The Balaban J connectivity index is 0.00000298. The molecule has 0 aliphatic heterocycles. The molecule has 3 N–H and O–H groups in total. The molecule has 10 nitrogen and oxygen atoms in total. The van der Waals surface area contributed by atoms with Crippen LogP contribution in [0.3, 0.4) is 0 Å². The van der Waals surface area contributed by atoms with E-state index in [0.29, 0.717) is 10.7 Å². The number of ether oxygens (including phenoxy) is 2. The SMILES string of the molecule is C=C(NC(=O)c1cnc(-c2ccc(NC(=O)OC(C)(C)C)cc2)s1)C(=O)NC(=C)C(=O)OC.CC. The largest absolute Gasteiger partial charge is 0.464 e. The summed E-state index contributed by atoms with van der Waals surface area (Å²) in [6.45, 7) is 16.2. The summed E-state index contributed by atoms with van der Waals surface area (Å²) in [5.41, 5.74) is 0.0849. The van der Waals surface area contributed by atoms with E-state index in [2.05, 4.69) is 38.8 Å². The number of amides is 3. The van der Waals surface area contributed by atoms with Crippen LogP contribution in [0.2, 0.25) is 0 Å². The molecule has 1 heterocycles. The quantitative estimate of drug-likeness (QED) is 0.381. The van der Waals surface area contributed by atoms with Crippen molar-refractivity contribution >= 4 is 40.9 Å². The number of esters is 1.